The van der Waals surface area contributed by atoms with E-state index in [9.17, 15) is 9.59 Å². The van der Waals surface area contributed by atoms with Crippen molar-refractivity contribution in [2.75, 3.05) is 5.32 Å². The summed E-state index contributed by atoms with van der Waals surface area (Å²) in [6.45, 7) is 1.97. The van der Waals surface area contributed by atoms with E-state index in [4.69, 9.17) is 0 Å². The number of hydrogen-bond acceptors (Lipinski definition) is 3. The van der Waals surface area contributed by atoms with Crippen LogP contribution >= 0.6 is 0 Å². The molecule has 1 heterocycles. The normalized spacial score (nSPS) is 11.9. The van der Waals surface area contributed by atoms with E-state index in [0.717, 1.165) is 10.1 Å². The Morgan fingerprint density at radius 1 is 0.957 bits per heavy atom. The van der Waals surface area contributed by atoms with Crippen LogP contribution in [0.25, 0.3) is 5.69 Å². The van der Waals surface area contributed by atoms with Crippen molar-refractivity contribution >= 4 is 5.82 Å². The highest BCUT2D eigenvalue weighted by atomic mass is 16.2. The molecule has 2 aromatic carbocycles. The minimum absolute atomic E-state index is 0.0289. The maximum Gasteiger partial charge on any atom is 0.334 e. The van der Waals surface area contributed by atoms with Gasteiger partial charge in [-0.2, -0.15) is 0 Å². The van der Waals surface area contributed by atoms with Gasteiger partial charge in [0.2, 0.25) is 0 Å². The highest BCUT2D eigenvalue weighted by Gasteiger charge is 2.09. The van der Waals surface area contributed by atoms with E-state index < -0.39 is 5.69 Å². The summed E-state index contributed by atoms with van der Waals surface area (Å²) >= 11 is 0. The Balaban J connectivity index is 1.92. The zero-order chi connectivity index (χ0) is 16.2. The van der Waals surface area contributed by atoms with E-state index in [1.807, 2.05) is 43.3 Å². The van der Waals surface area contributed by atoms with Gasteiger partial charge in [-0.05, 0) is 24.6 Å². The lowest BCUT2D eigenvalue weighted by molar-refractivity contribution is 0.836. The van der Waals surface area contributed by atoms with Crippen LogP contribution < -0.4 is 16.6 Å². The molecule has 0 amide bonds. The molecule has 1 aromatic heterocycles. The maximum atomic E-state index is 12.3. The Kier molecular flexibility index (Phi) is 4.10. The fraction of sp³-hybridized carbons (Fsp3) is 0.111. The first-order chi connectivity index (χ1) is 11.1. The standard InChI is InChI=1S/C18H17N3O2/c1-13(14-8-4-2-5-9-14)19-16-12-17(22)21(18(23)20-16)15-10-6-3-7-11-15/h2-13,19H,1H3,(H,20,23)/t13-/m0/s1. The van der Waals surface area contributed by atoms with Gasteiger partial charge in [-0.3, -0.25) is 9.78 Å². The van der Waals surface area contributed by atoms with Gasteiger partial charge >= 0.3 is 5.69 Å². The molecule has 0 radical (unpaired) electrons. The number of aromatic nitrogens is 2. The second-order valence-electron chi connectivity index (χ2n) is 5.27. The molecule has 3 rings (SSSR count). The van der Waals surface area contributed by atoms with E-state index in [2.05, 4.69) is 10.3 Å². The van der Waals surface area contributed by atoms with E-state index >= 15 is 0 Å². The predicted molar refractivity (Wildman–Crippen MR) is 91.1 cm³/mol. The molecule has 1 atom stereocenters. The second-order valence-corrected chi connectivity index (χ2v) is 5.27. The van der Waals surface area contributed by atoms with Gasteiger partial charge in [-0.15, -0.1) is 0 Å². The van der Waals surface area contributed by atoms with Gasteiger partial charge in [0, 0.05) is 12.1 Å². The molecule has 5 nitrogen and oxygen atoms in total. The van der Waals surface area contributed by atoms with Gasteiger partial charge in [0.15, 0.2) is 0 Å². The average molecular weight is 307 g/mol. The molecule has 3 aromatic rings. The van der Waals surface area contributed by atoms with Crippen molar-refractivity contribution < 1.29 is 0 Å². The number of nitrogens with zero attached hydrogens (tertiary/aromatic N) is 1. The molecule has 0 bridgehead atoms. The van der Waals surface area contributed by atoms with Crippen LogP contribution in [-0.2, 0) is 0 Å². The highest BCUT2D eigenvalue weighted by molar-refractivity contribution is 5.39. The predicted octanol–water partition coefficient (Wildman–Crippen LogP) is 2.70. The summed E-state index contributed by atoms with van der Waals surface area (Å²) in [4.78, 5) is 27.2. The van der Waals surface area contributed by atoms with Gasteiger partial charge in [0.25, 0.3) is 5.56 Å². The Morgan fingerprint density at radius 2 is 1.57 bits per heavy atom. The Morgan fingerprint density at radius 3 is 2.17 bits per heavy atom. The zero-order valence-corrected chi connectivity index (χ0v) is 12.7. The zero-order valence-electron chi connectivity index (χ0n) is 12.7. The van der Waals surface area contributed by atoms with Crippen LogP contribution in [0.15, 0.2) is 76.3 Å². The summed E-state index contributed by atoms with van der Waals surface area (Å²) in [5.74, 6) is 0.406. The lowest BCUT2D eigenvalue weighted by atomic mass is 10.1. The third kappa shape index (κ3) is 3.23. The summed E-state index contributed by atoms with van der Waals surface area (Å²) in [6, 6.07) is 20.0. The quantitative estimate of drug-likeness (QED) is 0.779. The van der Waals surface area contributed by atoms with E-state index in [1.165, 1.54) is 6.07 Å². The second kappa shape index (κ2) is 6.36. The van der Waals surface area contributed by atoms with Crippen molar-refractivity contribution in [1.82, 2.24) is 9.55 Å². The number of nitrogens with one attached hydrogen (secondary N) is 2. The van der Waals surface area contributed by atoms with Crippen molar-refractivity contribution in [1.29, 1.82) is 0 Å². The van der Waals surface area contributed by atoms with Crippen molar-refractivity contribution in [3.63, 3.8) is 0 Å². The van der Waals surface area contributed by atoms with Crippen LogP contribution in [0.1, 0.15) is 18.5 Å². The van der Waals surface area contributed by atoms with Crippen molar-refractivity contribution in [3.8, 4) is 5.69 Å². The van der Waals surface area contributed by atoms with E-state index in [1.54, 1.807) is 24.3 Å². The molecule has 2 N–H and O–H groups in total. The minimum Gasteiger partial charge on any atom is -0.365 e. The molecule has 5 heteroatoms. The molecule has 116 valence electrons. The largest absolute Gasteiger partial charge is 0.365 e. The van der Waals surface area contributed by atoms with E-state index in [0.29, 0.717) is 11.5 Å². The summed E-state index contributed by atoms with van der Waals surface area (Å²) in [6.07, 6.45) is 0. The third-order valence-electron chi connectivity index (χ3n) is 3.62. The summed E-state index contributed by atoms with van der Waals surface area (Å²) in [5.41, 5.74) is 0.774. The van der Waals surface area contributed by atoms with Crippen LogP contribution in [0.5, 0.6) is 0 Å². The molecule has 0 aliphatic heterocycles. The molecule has 0 saturated heterocycles. The van der Waals surface area contributed by atoms with Gasteiger partial charge in [0.1, 0.15) is 5.82 Å². The number of anilines is 1. The van der Waals surface area contributed by atoms with Crippen LogP contribution in [-0.4, -0.2) is 9.55 Å². The number of H-pyrrole nitrogens is 1. The van der Waals surface area contributed by atoms with Gasteiger partial charge < -0.3 is 5.32 Å². The number of para-hydroxylation sites is 1. The summed E-state index contributed by atoms with van der Waals surface area (Å²) in [7, 11) is 0. The first-order valence-electron chi connectivity index (χ1n) is 7.38. The molecule has 0 fully saturated rings. The first-order valence-corrected chi connectivity index (χ1v) is 7.38. The van der Waals surface area contributed by atoms with E-state index in [-0.39, 0.29) is 11.6 Å². The summed E-state index contributed by atoms with van der Waals surface area (Å²) < 4.78 is 1.11. The lowest BCUT2D eigenvalue weighted by Gasteiger charge is -2.15. The number of hydrogen-bond donors (Lipinski definition) is 2. The van der Waals surface area contributed by atoms with Gasteiger partial charge in [-0.25, -0.2) is 9.36 Å². The molecular weight excluding hydrogens is 290 g/mol. The van der Waals surface area contributed by atoms with Crippen LogP contribution in [0.4, 0.5) is 5.82 Å². The summed E-state index contributed by atoms with van der Waals surface area (Å²) in [5, 5.41) is 3.15. The molecule has 0 unspecified atom stereocenters. The molecule has 0 aliphatic rings. The number of rotatable bonds is 4. The van der Waals surface area contributed by atoms with Gasteiger partial charge in [0.05, 0.1) is 5.69 Å². The molecule has 23 heavy (non-hydrogen) atoms. The lowest BCUT2D eigenvalue weighted by Crippen LogP contribution is -2.33. The number of aromatic amines is 1. The van der Waals surface area contributed by atoms with Crippen molar-refractivity contribution in [2.45, 2.75) is 13.0 Å². The molecular formula is C18H17N3O2. The first kappa shape index (κ1) is 14.8. The monoisotopic (exact) mass is 307 g/mol. The van der Waals surface area contributed by atoms with Crippen molar-refractivity contribution in [3.05, 3.63) is 93.1 Å². The average Bonchev–Trinajstić information content (AvgIpc) is 2.56. The van der Waals surface area contributed by atoms with Gasteiger partial charge in [-0.1, -0.05) is 48.5 Å². The fourth-order valence-electron chi connectivity index (χ4n) is 2.45. The Bertz CT molecular complexity index is 868. The molecule has 0 saturated carbocycles. The highest BCUT2D eigenvalue weighted by Crippen LogP contribution is 2.15. The Labute approximate surface area is 133 Å². The van der Waals surface area contributed by atoms with Crippen LogP contribution in [0.3, 0.4) is 0 Å². The Hall–Kier alpha value is -3.08. The SMILES string of the molecule is C[C@H](Nc1cc(=O)n(-c2ccccc2)c(=O)[nH]1)c1ccccc1. The topological polar surface area (TPSA) is 66.9 Å². The van der Waals surface area contributed by atoms with Crippen LogP contribution in [0.2, 0.25) is 0 Å². The molecule has 0 spiro atoms. The third-order valence-corrected chi connectivity index (χ3v) is 3.62. The molecule has 0 aliphatic carbocycles. The van der Waals surface area contributed by atoms with Crippen molar-refractivity contribution in [2.24, 2.45) is 0 Å². The van der Waals surface area contributed by atoms with Crippen LogP contribution in [0, 0.1) is 0 Å². The minimum atomic E-state index is -0.466. The number of benzene rings is 2. The fourth-order valence-corrected chi connectivity index (χ4v) is 2.45. The smallest absolute Gasteiger partial charge is 0.334 e. The maximum absolute atomic E-state index is 12.3.